The standard InChI is InChI=1S/C16H30N2O2/c1-13(2)18-8-4-14(5-9-18)10-15(20)17-11-16(12-19)6-3-7-16/h13-14,19H,3-12H2,1-2H3,(H,17,20). The molecule has 1 aliphatic heterocycles. The lowest BCUT2D eigenvalue weighted by atomic mass is 9.69. The van der Waals surface area contributed by atoms with Crippen LogP contribution in [0, 0.1) is 11.3 Å². The molecule has 2 fully saturated rings. The third kappa shape index (κ3) is 3.95. The van der Waals surface area contributed by atoms with Crippen molar-refractivity contribution >= 4 is 5.91 Å². The fourth-order valence-corrected chi connectivity index (χ4v) is 3.36. The van der Waals surface area contributed by atoms with Gasteiger partial charge in [-0.2, -0.15) is 0 Å². The molecule has 20 heavy (non-hydrogen) atoms. The molecule has 0 bridgehead atoms. The Labute approximate surface area is 122 Å². The Morgan fingerprint density at radius 2 is 2.00 bits per heavy atom. The van der Waals surface area contributed by atoms with Crippen molar-refractivity contribution in [2.24, 2.45) is 11.3 Å². The van der Waals surface area contributed by atoms with Crippen molar-refractivity contribution in [3.63, 3.8) is 0 Å². The van der Waals surface area contributed by atoms with Gasteiger partial charge in [-0.3, -0.25) is 4.79 Å². The smallest absolute Gasteiger partial charge is 0.220 e. The van der Waals surface area contributed by atoms with Gasteiger partial charge in [-0.05, 0) is 58.5 Å². The Hall–Kier alpha value is -0.610. The van der Waals surface area contributed by atoms with Crippen molar-refractivity contribution in [1.82, 2.24) is 10.2 Å². The third-order valence-corrected chi connectivity index (χ3v) is 5.26. The molecule has 2 N–H and O–H groups in total. The van der Waals surface area contributed by atoms with Crippen molar-refractivity contribution in [1.29, 1.82) is 0 Å². The number of piperidine rings is 1. The Morgan fingerprint density at radius 3 is 2.45 bits per heavy atom. The molecule has 0 radical (unpaired) electrons. The Morgan fingerprint density at radius 1 is 1.35 bits per heavy atom. The lowest BCUT2D eigenvalue weighted by Crippen LogP contribution is -2.45. The van der Waals surface area contributed by atoms with Gasteiger partial charge in [0.2, 0.25) is 5.91 Å². The maximum atomic E-state index is 12.0. The van der Waals surface area contributed by atoms with Crippen molar-refractivity contribution in [2.45, 2.75) is 58.4 Å². The van der Waals surface area contributed by atoms with Gasteiger partial charge in [0.15, 0.2) is 0 Å². The number of likely N-dealkylation sites (tertiary alicyclic amines) is 1. The Bertz CT molecular complexity index is 313. The van der Waals surface area contributed by atoms with Crippen LogP contribution in [0.4, 0.5) is 0 Å². The Balaban J connectivity index is 1.65. The quantitative estimate of drug-likeness (QED) is 0.781. The average Bonchev–Trinajstić information content (AvgIpc) is 2.38. The van der Waals surface area contributed by atoms with Crippen molar-refractivity contribution in [2.75, 3.05) is 26.2 Å². The second-order valence-electron chi connectivity index (χ2n) is 7.07. The van der Waals surface area contributed by atoms with Crippen molar-refractivity contribution in [3.05, 3.63) is 0 Å². The highest BCUT2D eigenvalue weighted by Gasteiger charge is 2.36. The molecule has 0 aromatic carbocycles. The number of hydrogen-bond acceptors (Lipinski definition) is 3. The van der Waals surface area contributed by atoms with Gasteiger partial charge in [0, 0.05) is 24.4 Å². The lowest BCUT2D eigenvalue weighted by Gasteiger charge is -2.40. The molecule has 0 aromatic heterocycles. The summed E-state index contributed by atoms with van der Waals surface area (Å²) in [4.78, 5) is 14.5. The lowest BCUT2D eigenvalue weighted by molar-refractivity contribution is -0.123. The number of hydrogen-bond donors (Lipinski definition) is 2. The van der Waals surface area contributed by atoms with E-state index in [1.807, 2.05) is 0 Å². The van der Waals surface area contributed by atoms with Crippen LogP contribution in [0.5, 0.6) is 0 Å². The molecule has 1 heterocycles. The molecule has 1 saturated heterocycles. The molecule has 0 aromatic rings. The van der Waals surface area contributed by atoms with Crippen LogP contribution < -0.4 is 5.32 Å². The number of carbonyl (C=O) groups is 1. The van der Waals surface area contributed by atoms with E-state index >= 15 is 0 Å². The van der Waals surface area contributed by atoms with E-state index in [0.29, 0.717) is 24.9 Å². The molecule has 1 aliphatic carbocycles. The molecule has 1 saturated carbocycles. The first-order valence-corrected chi connectivity index (χ1v) is 8.16. The van der Waals surface area contributed by atoms with Crippen LogP contribution in [0.25, 0.3) is 0 Å². The van der Waals surface area contributed by atoms with Gasteiger partial charge in [-0.25, -0.2) is 0 Å². The second kappa shape index (κ2) is 6.90. The summed E-state index contributed by atoms with van der Waals surface area (Å²) in [7, 11) is 0. The molecule has 2 rings (SSSR count). The van der Waals surface area contributed by atoms with Crippen LogP contribution in [-0.4, -0.2) is 48.2 Å². The van der Waals surface area contributed by atoms with E-state index in [9.17, 15) is 9.90 Å². The molecule has 2 aliphatic rings. The molecule has 0 spiro atoms. The predicted octanol–water partition coefficient (Wildman–Crippen LogP) is 1.78. The summed E-state index contributed by atoms with van der Waals surface area (Å²) in [6.45, 7) is 7.58. The van der Waals surface area contributed by atoms with Gasteiger partial charge in [-0.15, -0.1) is 0 Å². The van der Waals surface area contributed by atoms with E-state index in [1.54, 1.807) is 0 Å². The van der Waals surface area contributed by atoms with Gasteiger partial charge in [0.1, 0.15) is 0 Å². The number of nitrogens with zero attached hydrogens (tertiary/aromatic N) is 1. The maximum absolute atomic E-state index is 12.0. The van der Waals surface area contributed by atoms with E-state index in [0.717, 1.165) is 38.8 Å². The number of nitrogens with one attached hydrogen (secondary N) is 1. The third-order valence-electron chi connectivity index (χ3n) is 5.26. The van der Waals surface area contributed by atoms with E-state index in [1.165, 1.54) is 6.42 Å². The minimum Gasteiger partial charge on any atom is -0.396 e. The van der Waals surface area contributed by atoms with E-state index in [2.05, 4.69) is 24.1 Å². The SMILES string of the molecule is CC(C)N1CCC(CC(=O)NCC2(CO)CCC2)CC1. The molecule has 4 nitrogen and oxygen atoms in total. The molecule has 0 unspecified atom stereocenters. The Kier molecular flexibility index (Phi) is 5.44. The summed E-state index contributed by atoms with van der Waals surface area (Å²) in [5.74, 6) is 0.712. The maximum Gasteiger partial charge on any atom is 0.220 e. The number of amides is 1. The zero-order chi connectivity index (χ0) is 14.6. The fraction of sp³-hybridized carbons (Fsp3) is 0.938. The molecule has 4 heteroatoms. The predicted molar refractivity (Wildman–Crippen MR) is 80.4 cm³/mol. The highest BCUT2D eigenvalue weighted by atomic mass is 16.3. The summed E-state index contributed by atoms with van der Waals surface area (Å²) in [6.07, 6.45) is 6.22. The number of aliphatic hydroxyl groups excluding tert-OH is 1. The van der Waals surface area contributed by atoms with Crippen molar-refractivity contribution in [3.8, 4) is 0 Å². The monoisotopic (exact) mass is 282 g/mol. The van der Waals surface area contributed by atoms with Crippen molar-refractivity contribution < 1.29 is 9.90 Å². The molecular formula is C16H30N2O2. The van der Waals surface area contributed by atoms with Gasteiger partial charge in [-0.1, -0.05) is 6.42 Å². The van der Waals surface area contributed by atoms with E-state index in [4.69, 9.17) is 0 Å². The zero-order valence-electron chi connectivity index (χ0n) is 13.0. The minimum absolute atomic E-state index is 0.00331. The van der Waals surface area contributed by atoms with Crippen LogP contribution in [-0.2, 0) is 4.79 Å². The largest absolute Gasteiger partial charge is 0.396 e. The second-order valence-corrected chi connectivity index (χ2v) is 7.07. The fourth-order valence-electron chi connectivity index (χ4n) is 3.36. The van der Waals surface area contributed by atoms with Crippen LogP contribution >= 0.6 is 0 Å². The van der Waals surface area contributed by atoms with Crippen LogP contribution in [0.2, 0.25) is 0 Å². The first kappa shape index (κ1) is 15.8. The van der Waals surface area contributed by atoms with Gasteiger partial charge < -0.3 is 15.3 Å². The molecule has 0 atom stereocenters. The van der Waals surface area contributed by atoms with Gasteiger partial charge in [0.05, 0.1) is 6.61 Å². The number of carbonyl (C=O) groups excluding carboxylic acids is 1. The van der Waals surface area contributed by atoms with Crippen LogP contribution in [0.3, 0.4) is 0 Å². The van der Waals surface area contributed by atoms with E-state index < -0.39 is 0 Å². The number of rotatable bonds is 6. The van der Waals surface area contributed by atoms with Crippen LogP contribution in [0.1, 0.15) is 52.4 Å². The topological polar surface area (TPSA) is 52.6 Å². The molecular weight excluding hydrogens is 252 g/mol. The summed E-state index contributed by atoms with van der Waals surface area (Å²) in [6, 6.07) is 0.618. The van der Waals surface area contributed by atoms with Gasteiger partial charge in [0.25, 0.3) is 0 Å². The summed E-state index contributed by atoms with van der Waals surface area (Å²) in [5.41, 5.74) is -0.00331. The minimum atomic E-state index is -0.00331. The highest BCUT2D eigenvalue weighted by Crippen LogP contribution is 2.39. The van der Waals surface area contributed by atoms with Crippen LogP contribution in [0.15, 0.2) is 0 Å². The highest BCUT2D eigenvalue weighted by molar-refractivity contribution is 5.76. The molecule has 116 valence electrons. The van der Waals surface area contributed by atoms with E-state index in [-0.39, 0.29) is 17.9 Å². The normalized spacial score (nSPS) is 23.6. The first-order valence-electron chi connectivity index (χ1n) is 8.16. The summed E-state index contributed by atoms with van der Waals surface area (Å²) < 4.78 is 0. The first-order chi connectivity index (χ1) is 9.54. The zero-order valence-corrected chi connectivity index (χ0v) is 13.0. The van der Waals surface area contributed by atoms with Gasteiger partial charge >= 0.3 is 0 Å². The number of aliphatic hydroxyl groups is 1. The summed E-state index contributed by atoms with van der Waals surface area (Å²) >= 11 is 0. The molecule has 1 amide bonds. The summed E-state index contributed by atoms with van der Waals surface area (Å²) in [5, 5.41) is 12.4. The average molecular weight is 282 g/mol.